The van der Waals surface area contributed by atoms with E-state index in [2.05, 4.69) is 117 Å². The number of para-hydroxylation sites is 4. The zero-order chi connectivity index (χ0) is 22.6. The zero-order valence-electron chi connectivity index (χ0n) is 18.3. The lowest BCUT2D eigenvalue weighted by Gasteiger charge is -2.17. The molecule has 0 fully saturated rings. The molecule has 0 aliphatic heterocycles. The largest absolute Gasteiger partial charge is 0.308 e. The Morgan fingerprint density at radius 2 is 0.824 bits per heavy atom. The average molecular weight is 434 g/mol. The molecule has 2 heterocycles. The van der Waals surface area contributed by atoms with E-state index in [-0.39, 0.29) is 0 Å². The van der Waals surface area contributed by atoms with Crippen molar-refractivity contribution >= 4 is 49.3 Å². The molecule has 3 heteroatoms. The number of nitrogens with zero attached hydrogens (tertiary/aromatic N) is 3. The molecule has 0 radical (unpaired) electrons. The molecular formula is C31H19N3. The molecule has 0 aliphatic carbocycles. The van der Waals surface area contributed by atoms with Crippen LogP contribution in [-0.4, -0.2) is 9.13 Å². The monoisotopic (exact) mass is 433 g/mol. The minimum Gasteiger partial charge on any atom is -0.308 e. The van der Waals surface area contributed by atoms with E-state index in [9.17, 15) is 0 Å². The smallest absolute Gasteiger partial charge is 0.189 e. The molecule has 0 saturated carbocycles. The van der Waals surface area contributed by atoms with Crippen molar-refractivity contribution in [1.29, 1.82) is 0 Å². The molecule has 7 aromatic rings. The van der Waals surface area contributed by atoms with Gasteiger partial charge in [0.05, 0.1) is 40.0 Å². The van der Waals surface area contributed by atoms with Gasteiger partial charge < -0.3 is 9.13 Å². The summed E-state index contributed by atoms with van der Waals surface area (Å²) in [5.41, 5.74) is 7.25. The minimum atomic E-state index is 0.626. The van der Waals surface area contributed by atoms with Crippen molar-refractivity contribution in [3.8, 4) is 11.4 Å². The van der Waals surface area contributed by atoms with Crippen molar-refractivity contribution in [3.05, 3.63) is 127 Å². The first-order valence-electron chi connectivity index (χ1n) is 11.3. The van der Waals surface area contributed by atoms with Gasteiger partial charge in [0.25, 0.3) is 0 Å². The molecule has 158 valence electrons. The van der Waals surface area contributed by atoms with Crippen LogP contribution in [0.5, 0.6) is 0 Å². The van der Waals surface area contributed by atoms with E-state index in [0.717, 1.165) is 33.4 Å². The average Bonchev–Trinajstić information content (AvgIpc) is 3.41. The van der Waals surface area contributed by atoms with E-state index >= 15 is 0 Å². The first-order chi connectivity index (χ1) is 16.8. The summed E-state index contributed by atoms with van der Waals surface area (Å²) in [5, 5.41) is 4.86. The molecule has 5 aromatic carbocycles. The van der Waals surface area contributed by atoms with Crippen molar-refractivity contribution in [2.75, 3.05) is 0 Å². The molecular weight excluding hydrogens is 414 g/mol. The molecule has 3 nitrogen and oxygen atoms in total. The molecule has 0 saturated heterocycles. The van der Waals surface area contributed by atoms with Crippen LogP contribution in [-0.2, 0) is 0 Å². The van der Waals surface area contributed by atoms with Crippen LogP contribution in [0.25, 0.3) is 59.8 Å². The lowest BCUT2D eigenvalue weighted by atomic mass is 10.2. The van der Waals surface area contributed by atoms with Crippen LogP contribution in [0.15, 0.2) is 115 Å². The van der Waals surface area contributed by atoms with Gasteiger partial charge in [-0.1, -0.05) is 78.9 Å². The van der Waals surface area contributed by atoms with E-state index in [4.69, 9.17) is 6.57 Å². The fraction of sp³-hybridized carbons (Fsp3) is 0. The highest BCUT2D eigenvalue weighted by atomic mass is 15.1. The second-order valence-electron chi connectivity index (χ2n) is 8.52. The summed E-state index contributed by atoms with van der Waals surface area (Å²) in [4.78, 5) is 3.78. The Labute approximate surface area is 196 Å². The number of aromatic nitrogens is 2. The normalized spacial score (nSPS) is 11.5. The Morgan fingerprint density at radius 1 is 0.441 bits per heavy atom. The lowest BCUT2D eigenvalue weighted by molar-refractivity contribution is 1.10. The second kappa shape index (κ2) is 7.10. The molecule has 0 bridgehead atoms. The van der Waals surface area contributed by atoms with Gasteiger partial charge in [-0.2, -0.15) is 0 Å². The van der Waals surface area contributed by atoms with Crippen molar-refractivity contribution in [2.24, 2.45) is 0 Å². The van der Waals surface area contributed by atoms with E-state index in [1.807, 2.05) is 12.1 Å². The predicted molar refractivity (Wildman–Crippen MR) is 141 cm³/mol. The number of hydrogen-bond acceptors (Lipinski definition) is 0. The molecule has 0 atom stereocenters. The summed E-state index contributed by atoms with van der Waals surface area (Å²) in [7, 11) is 0. The van der Waals surface area contributed by atoms with Crippen molar-refractivity contribution in [3.63, 3.8) is 0 Å². The summed E-state index contributed by atoms with van der Waals surface area (Å²) < 4.78 is 4.63. The molecule has 2 aromatic heterocycles. The van der Waals surface area contributed by atoms with E-state index in [1.165, 1.54) is 21.5 Å². The van der Waals surface area contributed by atoms with Crippen LogP contribution in [0.4, 0.5) is 5.69 Å². The lowest BCUT2D eigenvalue weighted by Crippen LogP contribution is -2.03. The summed E-state index contributed by atoms with van der Waals surface area (Å²) >= 11 is 0. The minimum absolute atomic E-state index is 0.626. The second-order valence-corrected chi connectivity index (χ2v) is 8.52. The van der Waals surface area contributed by atoms with Gasteiger partial charge in [-0.3, -0.25) is 0 Å². The quantitative estimate of drug-likeness (QED) is 0.243. The third kappa shape index (κ3) is 2.51. The Balaban J connectivity index is 1.68. The van der Waals surface area contributed by atoms with E-state index in [1.54, 1.807) is 0 Å². The Morgan fingerprint density at radius 3 is 1.24 bits per heavy atom. The summed E-state index contributed by atoms with van der Waals surface area (Å²) in [6.07, 6.45) is 0. The van der Waals surface area contributed by atoms with Crippen LogP contribution in [0.1, 0.15) is 0 Å². The van der Waals surface area contributed by atoms with Crippen LogP contribution in [0.2, 0.25) is 0 Å². The summed E-state index contributed by atoms with van der Waals surface area (Å²) in [6.45, 7) is 7.71. The first-order valence-corrected chi connectivity index (χ1v) is 11.3. The van der Waals surface area contributed by atoms with Crippen LogP contribution in [0.3, 0.4) is 0 Å². The van der Waals surface area contributed by atoms with E-state index < -0.39 is 0 Å². The van der Waals surface area contributed by atoms with Crippen LogP contribution < -0.4 is 0 Å². The van der Waals surface area contributed by atoms with Crippen molar-refractivity contribution in [1.82, 2.24) is 9.13 Å². The SMILES string of the molecule is [C-]#[N+]c1ccc(-n2c3ccccc3c3ccccc32)c(-n2c3ccccc3c3ccccc32)c1. The molecule has 7 rings (SSSR count). The highest BCUT2D eigenvalue weighted by Gasteiger charge is 2.19. The van der Waals surface area contributed by atoms with Gasteiger partial charge in [0.2, 0.25) is 0 Å². The van der Waals surface area contributed by atoms with Gasteiger partial charge >= 0.3 is 0 Å². The maximum absolute atomic E-state index is 7.71. The Kier molecular flexibility index (Phi) is 3.91. The zero-order valence-corrected chi connectivity index (χ0v) is 18.3. The molecule has 0 amide bonds. The summed E-state index contributed by atoms with van der Waals surface area (Å²) in [6, 6.07) is 40.1. The fourth-order valence-corrected chi connectivity index (χ4v) is 5.31. The highest BCUT2D eigenvalue weighted by Crippen LogP contribution is 2.39. The summed E-state index contributed by atoms with van der Waals surface area (Å²) in [5.74, 6) is 0. The number of rotatable bonds is 2. The van der Waals surface area contributed by atoms with Gasteiger partial charge in [0, 0.05) is 21.5 Å². The molecule has 0 unspecified atom stereocenters. The van der Waals surface area contributed by atoms with Crippen LogP contribution >= 0.6 is 0 Å². The fourth-order valence-electron chi connectivity index (χ4n) is 5.31. The van der Waals surface area contributed by atoms with Crippen LogP contribution in [0, 0.1) is 6.57 Å². The molecule has 0 aliphatic rings. The number of fused-ring (bicyclic) bond motifs is 6. The van der Waals surface area contributed by atoms with Gasteiger partial charge in [-0.05, 0) is 36.4 Å². The standard InChI is InChI=1S/C31H19N3/c1-32-21-18-19-30(33-26-14-6-2-10-22(26)23-11-3-7-15-27(23)33)31(20-21)34-28-16-8-4-12-24(28)25-13-5-9-17-29(25)34/h2-20H. The van der Waals surface area contributed by atoms with E-state index in [0.29, 0.717) is 5.69 Å². The highest BCUT2D eigenvalue weighted by molar-refractivity contribution is 6.11. The van der Waals surface area contributed by atoms with Gasteiger partial charge in [0.1, 0.15) is 0 Å². The Hall–Kier alpha value is -4.81. The maximum atomic E-state index is 7.71. The third-order valence-corrected chi connectivity index (χ3v) is 6.73. The van der Waals surface area contributed by atoms with Gasteiger partial charge in [-0.15, -0.1) is 0 Å². The first kappa shape index (κ1) is 18.7. The Bertz CT molecular complexity index is 1820. The maximum Gasteiger partial charge on any atom is 0.189 e. The van der Waals surface area contributed by atoms with Crippen molar-refractivity contribution < 1.29 is 0 Å². The molecule has 0 N–H and O–H groups in total. The van der Waals surface area contributed by atoms with Gasteiger partial charge in [-0.25, -0.2) is 4.85 Å². The van der Waals surface area contributed by atoms with Gasteiger partial charge in [0.15, 0.2) is 5.69 Å². The topological polar surface area (TPSA) is 14.2 Å². The molecule has 0 spiro atoms. The predicted octanol–water partition coefficient (Wildman–Crippen LogP) is 8.43. The third-order valence-electron chi connectivity index (χ3n) is 6.73. The molecule has 34 heavy (non-hydrogen) atoms. The number of hydrogen-bond donors (Lipinski definition) is 0. The van der Waals surface area contributed by atoms with Crippen molar-refractivity contribution in [2.45, 2.75) is 0 Å². The number of benzene rings is 5.